The summed E-state index contributed by atoms with van der Waals surface area (Å²) in [5.74, 6) is 1.73. The SMILES string of the molecule is CCNC(=NCc1ccc(OC)cc1)NCCN(C(C)C)C(C)C.I. The molecule has 0 radical (unpaired) electrons. The van der Waals surface area contributed by atoms with Gasteiger partial charge in [0.2, 0.25) is 0 Å². The minimum Gasteiger partial charge on any atom is -0.497 e. The molecule has 0 amide bonds. The number of benzene rings is 1. The van der Waals surface area contributed by atoms with E-state index in [1.165, 1.54) is 5.56 Å². The van der Waals surface area contributed by atoms with Crippen molar-refractivity contribution in [1.29, 1.82) is 0 Å². The average molecular weight is 462 g/mol. The summed E-state index contributed by atoms with van der Waals surface area (Å²) in [6.07, 6.45) is 0. The fourth-order valence-electron chi connectivity index (χ4n) is 2.66. The largest absolute Gasteiger partial charge is 0.497 e. The van der Waals surface area contributed by atoms with Crippen LogP contribution in [0.3, 0.4) is 0 Å². The van der Waals surface area contributed by atoms with Crippen molar-refractivity contribution >= 4 is 29.9 Å². The van der Waals surface area contributed by atoms with Gasteiger partial charge >= 0.3 is 0 Å². The van der Waals surface area contributed by atoms with Crippen LogP contribution in [0.15, 0.2) is 29.3 Å². The zero-order valence-electron chi connectivity index (χ0n) is 16.5. The normalized spacial score (nSPS) is 11.6. The molecule has 6 heteroatoms. The molecule has 0 bridgehead atoms. The van der Waals surface area contributed by atoms with E-state index < -0.39 is 0 Å². The van der Waals surface area contributed by atoms with Crippen LogP contribution in [0.25, 0.3) is 0 Å². The van der Waals surface area contributed by atoms with Gasteiger partial charge in [0.1, 0.15) is 5.75 Å². The molecule has 0 fully saturated rings. The summed E-state index contributed by atoms with van der Waals surface area (Å²) in [6.45, 7) is 14.4. The van der Waals surface area contributed by atoms with Crippen LogP contribution in [-0.4, -0.2) is 49.7 Å². The van der Waals surface area contributed by atoms with Crippen LogP contribution in [0.1, 0.15) is 40.2 Å². The van der Waals surface area contributed by atoms with Gasteiger partial charge in [-0.1, -0.05) is 12.1 Å². The molecule has 25 heavy (non-hydrogen) atoms. The Kier molecular flexibility index (Phi) is 12.7. The topological polar surface area (TPSA) is 48.9 Å². The van der Waals surface area contributed by atoms with Crippen molar-refractivity contribution in [3.8, 4) is 5.75 Å². The number of nitrogens with zero attached hydrogens (tertiary/aromatic N) is 2. The number of aliphatic imine (C=N–C) groups is 1. The monoisotopic (exact) mass is 462 g/mol. The molecule has 0 atom stereocenters. The Bertz CT molecular complexity index is 481. The predicted octanol–water partition coefficient (Wildman–Crippen LogP) is 3.49. The van der Waals surface area contributed by atoms with Gasteiger partial charge in [0.05, 0.1) is 13.7 Å². The fraction of sp³-hybridized carbons (Fsp3) is 0.632. The minimum atomic E-state index is 0. The van der Waals surface area contributed by atoms with Gasteiger partial charge in [-0.3, -0.25) is 4.90 Å². The van der Waals surface area contributed by atoms with Crippen molar-refractivity contribution in [2.75, 3.05) is 26.7 Å². The zero-order valence-corrected chi connectivity index (χ0v) is 18.8. The van der Waals surface area contributed by atoms with Crippen LogP contribution >= 0.6 is 24.0 Å². The molecule has 0 aliphatic rings. The van der Waals surface area contributed by atoms with Crippen LogP contribution in [0.2, 0.25) is 0 Å². The summed E-state index contributed by atoms with van der Waals surface area (Å²) in [5.41, 5.74) is 1.17. The highest BCUT2D eigenvalue weighted by Gasteiger charge is 2.12. The predicted molar refractivity (Wildman–Crippen MR) is 118 cm³/mol. The van der Waals surface area contributed by atoms with E-state index in [4.69, 9.17) is 4.74 Å². The summed E-state index contributed by atoms with van der Waals surface area (Å²) in [4.78, 5) is 7.13. The molecule has 2 N–H and O–H groups in total. The highest BCUT2D eigenvalue weighted by atomic mass is 127. The van der Waals surface area contributed by atoms with Crippen LogP contribution in [0.5, 0.6) is 5.75 Å². The molecule has 0 unspecified atom stereocenters. The van der Waals surface area contributed by atoms with Crippen molar-refractivity contribution in [2.45, 2.75) is 53.2 Å². The van der Waals surface area contributed by atoms with E-state index in [2.05, 4.69) is 55.1 Å². The molecule has 5 nitrogen and oxygen atoms in total. The first-order valence-corrected chi connectivity index (χ1v) is 8.88. The lowest BCUT2D eigenvalue weighted by Crippen LogP contribution is -2.45. The van der Waals surface area contributed by atoms with E-state index in [0.717, 1.165) is 31.3 Å². The van der Waals surface area contributed by atoms with Crippen molar-refractivity contribution in [3.05, 3.63) is 29.8 Å². The van der Waals surface area contributed by atoms with Gasteiger partial charge < -0.3 is 15.4 Å². The smallest absolute Gasteiger partial charge is 0.191 e. The van der Waals surface area contributed by atoms with E-state index in [-0.39, 0.29) is 24.0 Å². The van der Waals surface area contributed by atoms with Gasteiger partial charge in [0.25, 0.3) is 0 Å². The third kappa shape index (κ3) is 9.30. The van der Waals surface area contributed by atoms with Gasteiger partial charge in [-0.2, -0.15) is 0 Å². The first-order chi connectivity index (χ1) is 11.5. The van der Waals surface area contributed by atoms with Gasteiger partial charge in [0, 0.05) is 31.7 Å². The molecule has 1 aromatic carbocycles. The number of guanidine groups is 1. The Morgan fingerprint density at radius 3 is 2.16 bits per heavy atom. The second-order valence-corrected chi connectivity index (χ2v) is 6.40. The number of hydrogen-bond acceptors (Lipinski definition) is 3. The molecule has 144 valence electrons. The molecule has 0 saturated carbocycles. The van der Waals surface area contributed by atoms with E-state index in [0.29, 0.717) is 18.6 Å². The summed E-state index contributed by atoms with van der Waals surface area (Å²) >= 11 is 0. The van der Waals surface area contributed by atoms with Crippen LogP contribution in [0, 0.1) is 0 Å². The number of rotatable bonds is 9. The Morgan fingerprint density at radius 2 is 1.68 bits per heavy atom. The quantitative estimate of drug-likeness (QED) is 0.335. The second-order valence-electron chi connectivity index (χ2n) is 6.40. The standard InChI is InChI=1S/C19H34N4O.HI/c1-7-20-19(21-12-13-23(15(2)3)16(4)5)22-14-17-8-10-18(24-6)11-9-17;/h8-11,15-16H,7,12-14H2,1-6H3,(H2,20,21,22);1H. The first kappa shape index (κ1) is 24.0. The Labute approximate surface area is 170 Å². The molecule has 0 heterocycles. The minimum absolute atomic E-state index is 0. The maximum Gasteiger partial charge on any atom is 0.191 e. The van der Waals surface area contributed by atoms with E-state index in [9.17, 15) is 0 Å². The van der Waals surface area contributed by atoms with Crippen molar-refractivity contribution in [3.63, 3.8) is 0 Å². The fourth-order valence-corrected chi connectivity index (χ4v) is 2.66. The summed E-state index contributed by atoms with van der Waals surface area (Å²) < 4.78 is 5.18. The third-order valence-corrected chi connectivity index (χ3v) is 3.91. The summed E-state index contributed by atoms with van der Waals surface area (Å²) in [5, 5.41) is 6.73. The summed E-state index contributed by atoms with van der Waals surface area (Å²) in [7, 11) is 1.68. The molecule has 0 aliphatic heterocycles. The average Bonchev–Trinajstić information content (AvgIpc) is 2.56. The van der Waals surface area contributed by atoms with Crippen molar-refractivity contribution in [1.82, 2.24) is 15.5 Å². The number of nitrogens with one attached hydrogen (secondary N) is 2. The molecule has 1 aromatic rings. The molecule has 0 aromatic heterocycles. The summed E-state index contributed by atoms with van der Waals surface area (Å²) in [6, 6.07) is 9.12. The third-order valence-electron chi connectivity index (χ3n) is 3.91. The lowest BCUT2D eigenvalue weighted by Gasteiger charge is -2.30. The number of halogens is 1. The molecule has 1 rings (SSSR count). The number of ether oxygens (including phenoxy) is 1. The Hall–Kier alpha value is -1.02. The van der Waals surface area contributed by atoms with E-state index >= 15 is 0 Å². The Morgan fingerprint density at radius 1 is 1.08 bits per heavy atom. The van der Waals surface area contributed by atoms with Crippen molar-refractivity contribution in [2.24, 2.45) is 4.99 Å². The Balaban J connectivity index is 0.00000576. The number of hydrogen-bond donors (Lipinski definition) is 2. The van der Waals surface area contributed by atoms with Gasteiger partial charge in [0.15, 0.2) is 5.96 Å². The van der Waals surface area contributed by atoms with Gasteiger partial charge in [-0.15, -0.1) is 24.0 Å². The lowest BCUT2D eigenvalue weighted by atomic mass is 10.2. The van der Waals surface area contributed by atoms with E-state index in [1.54, 1.807) is 7.11 Å². The first-order valence-electron chi connectivity index (χ1n) is 8.88. The van der Waals surface area contributed by atoms with Gasteiger partial charge in [-0.25, -0.2) is 4.99 Å². The van der Waals surface area contributed by atoms with Crippen LogP contribution in [0.4, 0.5) is 0 Å². The molecular formula is C19H35IN4O. The maximum absolute atomic E-state index is 5.18. The van der Waals surface area contributed by atoms with Crippen LogP contribution < -0.4 is 15.4 Å². The molecule has 0 saturated heterocycles. The lowest BCUT2D eigenvalue weighted by molar-refractivity contribution is 0.178. The highest BCUT2D eigenvalue weighted by Crippen LogP contribution is 2.11. The number of methoxy groups -OCH3 is 1. The van der Waals surface area contributed by atoms with Gasteiger partial charge in [-0.05, 0) is 52.3 Å². The maximum atomic E-state index is 5.18. The van der Waals surface area contributed by atoms with Crippen LogP contribution in [-0.2, 0) is 6.54 Å². The highest BCUT2D eigenvalue weighted by molar-refractivity contribution is 14.0. The molecule has 0 aliphatic carbocycles. The molecular weight excluding hydrogens is 427 g/mol. The van der Waals surface area contributed by atoms with E-state index in [1.807, 2.05) is 24.3 Å². The molecule has 0 spiro atoms. The second kappa shape index (κ2) is 13.2. The zero-order chi connectivity index (χ0) is 17.9. The van der Waals surface area contributed by atoms with Crippen molar-refractivity contribution < 1.29 is 4.74 Å².